The van der Waals surface area contributed by atoms with Gasteiger partial charge in [0.05, 0.1) is 22.0 Å². The van der Waals surface area contributed by atoms with Gasteiger partial charge in [0.1, 0.15) is 0 Å². The predicted molar refractivity (Wildman–Crippen MR) is 111 cm³/mol. The Balaban J connectivity index is 2.23. The third kappa shape index (κ3) is 5.45. The number of carbonyl (C=O) groups excluding carboxylic acids is 2. The lowest BCUT2D eigenvalue weighted by Crippen LogP contribution is -2.48. The Bertz CT molecular complexity index is 1050. The van der Waals surface area contributed by atoms with Crippen molar-refractivity contribution in [1.29, 1.82) is 0 Å². The first-order chi connectivity index (χ1) is 13.5. The molecule has 5 N–H and O–H groups in total. The maximum absolute atomic E-state index is 12.3. The van der Waals surface area contributed by atoms with Crippen LogP contribution in [-0.2, 0) is 14.6 Å². The highest BCUT2D eigenvalue weighted by molar-refractivity contribution is 7.92. The number of hydrogen-bond acceptors (Lipinski definition) is 8. The minimum atomic E-state index is -3.40. The van der Waals surface area contributed by atoms with Crippen molar-refractivity contribution >= 4 is 44.8 Å². The summed E-state index contributed by atoms with van der Waals surface area (Å²) in [5.41, 5.74) is 11.0. The number of anilines is 1. The van der Waals surface area contributed by atoms with E-state index in [0.29, 0.717) is 11.3 Å². The van der Waals surface area contributed by atoms with Crippen LogP contribution < -0.4 is 21.9 Å². The average molecular weight is 437 g/mol. The number of sulfone groups is 1. The van der Waals surface area contributed by atoms with E-state index in [0.717, 1.165) is 0 Å². The van der Waals surface area contributed by atoms with Crippen molar-refractivity contribution in [1.82, 2.24) is 26.1 Å². The van der Waals surface area contributed by atoms with Crippen LogP contribution in [0.2, 0.25) is 0 Å². The molecule has 12 heteroatoms. The van der Waals surface area contributed by atoms with Crippen LogP contribution in [0.4, 0.5) is 5.82 Å². The quantitative estimate of drug-likeness (QED) is 0.397. The lowest BCUT2D eigenvalue weighted by Gasteiger charge is -2.11. The van der Waals surface area contributed by atoms with Crippen molar-refractivity contribution < 1.29 is 18.0 Å². The number of nitrogen functional groups attached to an aromatic ring is 1. The molecule has 0 radical (unpaired) electrons. The maximum Gasteiger partial charge on any atom is 0.292 e. The molecule has 0 saturated carbocycles. The van der Waals surface area contributed by atoms with Crippen LogP contribution in [0.5, 0.6) is 0 Å². The zero-order chi connectivity index (χ0) is 21.8. The normalized spacial score (nSPS) is 11.0. The number of hydrogen-bond donors (Lipinski definition) is 4. The Hall–Kier alpha value is -3.12. The molecule has 29 heavy (non-hydrogen) atoms. The van der Waals surface area contributed by atoms with Gasteiger partial charge in [0.25, 0.3) is 5.91 Å². The highest BCUT2D eigenvalue weighted by atomic mass is 32.2. The van der Waals surface area contributed by atoms with Crippen LogP contribution in [0.25, 0.3) is 11.3 Å². The first kappa shape index (κ1) is 22.2. The summed E-state index contributed by atoms with van der Waals surface area (Å²) in [6.07, 6.45) is 1.37. The number of hydrazine groups is 1. The molecule has 0 saturated heterocycles. The van der Waals surface area contributed by atoms with E-state index in [9.17, 15) is 18.0 Å². The van der Waals surface area contributed by atoms with Crippen molar-refractivity contribution in [2.45, 2.75) is 30.9 Å². The Morgan fingerprint density at radius 2 is 1.76 bits per heavy atom. The smallest absolute Gasteiger partial charge is 0.292 e. The first-order valence-electron chi connectivity index (χ1n) is 8.37. The van der Waals surface area contributed by atoms with Crippen LogP contribution in [-0.4, -0.2) is 40.6 Å². The van der Waals surface area contributed by atoms with E-state index in [1.54, 1.807) is 26.0 Å². The second-order valence-corrected chi connectivity index (χ2v) is 9.11. The topological polar surface area (TPSA) is 156 Å². The molecule has 0 unspecified atom stereocenters. The van der Waals surface area contributed by atoms with Gasteiger partial charge in [-0.25, -0.2) is 18.4 Å². The Morgan fingerprint density at radius 3 is 2.31 bits per heavy atom. The van der Waals surface area contributed by atoms with Crippen molar-refractivity contribution in [2.75, 3.05) is 5.73 Å². The largest absolute Gasteiger partial charge is 0.382 e. The highest BCUT2D eigenvalue weighted by Gasteiger charge is 2.19. The molecule has 154 valence electrons. The van der Waals surface area contributed by atoms with E-state index >= 15 is 0 Å². The van der Waals surface area contributed by atoms with Crippen molar-refractivity contribution in [3.05, 3.63) is 36.2 Å². The number of nitrogens with zero attached hydrogens (tertiary/aromatic N) is 2. The fraction of sp³-hybridized carbons (Fsp3) is 0.235. The van der Waals surface area contributed by atoms with Gasteiger partial charge in [-0.1, -0.05) is 12.1 Å². The minimum absolute atomic E-state index is 0.101. The van der Waals surface area contributed by atoms with E-state index in [2.05, 4.69) is 26.1 Å². The van der Waals surface area contributed by atoms with Gasteiger partial charge in [-0.05, 0) is 38.2 Å². The fourth-order valence-corrected chi connectivity index (χ4v) is 3.41. The molecule has 2 aromatic rings. The van der Waals surface area contributed by atoms with Gasteiger partial charge >= 0.3 is 0 Å². The molecule has 0 aliphatic rings. The molecular formula is C17H20N6O4S2. The van der Waals surface area contributed by atoms with Gasteiger partial charge in [-0.2, -0.15) is 0 Å². The van der Waals surface area contributed by atoms with Gasteiger partial charge in [-0.15, -0.1) is 0 Å². The number of amides is 2. The zero-order valence-corrected chi connectivity index (χ0v) is 17.5. The second kappa shape index (κ2) is 8.92. The van der Waals surface area contributed by atoms with Crippen molar-refractivity contribution in [2.24, 2.45) is 0 Å². The summed E-state index contributed by atoms with van der Waals surface area (Å²) in [4.78, 5) is 31.5. The Labute approximate surface area is 173 Å². The van der Waals surface area contributed by atoms with Gasteiger partial charge in [0, 0.05) is 12.5 Å². The number of benzene rings is 1. The SMILES string of the molecule is CC(=O)NC(=S)NNC(=O)c1nc(-c2ccc(S(=O)(=O)C(C)C)cc2)cnc1N. The van der Waals surface area contributed by atoms with Crippen LogP contribution in [0.3, 0.4) is 0 Å². The third-order valence-corrected chi connectivity index (χ3v) is 6.07. The van der Waals surface area contributed by atoms with E-state index in [-0.39, 0.29) is 21.5 Å². The summed E-state index contributed by atoms with van der Waals surface area (Å²) in [6, 6.07) is 6.08. The molecule has 0 bridgehead atoms. The monoisotopic (exact) mass is 436 g/mol. The number of thiocarbonyl (C=S) groups is 1. The summed E-state index contributed by atoms with van der Waals surface area (Å²) >= 11 is 4.82. The van der Waals surface area contributed by atoms with E-state index < -0.39 is 26.9 Å². The Kier molecular flexibility index (Phi) is 6.82. The summed E-state index contributed by atoms with van der Waals surface area (Å²) in [5.74, 6) is -1.23. The molecule has 0 aliphatic carbocycles. The van der Waals surface area contributed by atoms with Gasteiger partial charge in [0.15, 0.2) is 26.5 Å². The molecule has 2 rings (SSSR count). The molecule has 1 heterocycles. The number of nitrogens with one attached hydrogen (secondary N) is 3. The molecule has 0 fully saturated rings. The van der Waals surface area contributed by atoms with Crippen molar-refractivity contribution in [3.63, 3.8) is 0 Å². The van der Waals surface area contributed by atoms with Gasteiger partial charge in [0.2, 0.25) is 5.91 Å². The van der Waals surface area contributed by atoms with Crippen LogP contribution in [0, 0.1) is 0 Å². The lowest BCUT2D eigenvalue weighted by atomic mass is 10.1. The van der Waals surface area contributed by atoms with E-state index in [4.69, 9.17) is 18.0 Å². The molecule has 1 aromatic carbocycles. The zero-order valence-electron chi connectivity index (χ0n) is 15.9. The average Bonchev–Trinajstić information content (AvgIpc) is 2.66. The standard InChI is InChI=1S/C17H20N6O4S2/c1-9(2)29(26,27)12-6-4-11(5-7-12)13-8-19-15(18)14(21-13)16(25)22-23-17(28)20-10(3)24/h4-9H,1-3H3,(H2,18,19)(H,22,25)(H2,20,23,24,28). The molecule has 1 aromatic heterocycles. The molecule has 10 nitrogen and oxygen atoms in total. The van der Waals surface area contributed by atoms with E-state index in [1.807, 2.05) is 0 Å². The Morgan fingerprint density at radius 1 is 1.14 bits per heavy atom. The van der Waals surface area contributed by atoms with Crippen LogP contribution >= 0.6 is 12.2 Å². The first-order valence-corrected chi connectivity index (χ1v) is 10.3. The van der Waals surface area contributed by atoms with E-state index in [1.165, 1.54) is 25.3 Å². The molecule has 2 amide bonds. The summed E-state index contributed by atoms with van der Waals surface area (Å²) in [5, 5.41) is 1.63. The van der Waals surface area contributed by atoms with Crippen molar-refractivity contribution in [3.8, 4) is 11.3 Å². The number of rotatable bonds is 4. The van der Waals surface area contributed by atoms with Gasteiger partial charge in [-0.3, -0.25) is 20.4 Å². The number of nitrogens with two attached hydrogens (primary N) is 1. The van der Waals surface area contributed by atoms with Crippen LogP contribution in [0.15, 0.2) is 35.4 Å². The summed E-state index contributed by atoms with van der Waals surface area (Å²) in [6.45, 7) is 4.47. The molecule has 0 aliphatic heterocycles. The minimum Gasteiger partial charge on any atom is -0.382 e. The summed E-state index contributed by atoms with van der Waals surface area (Å²) < 4.78 is 24.4. The summed E-state index contributed by atoms with van der Waals surface area (Å²) in [7, 11) is -3.40. The lowest BCUT2D eigenvalue weighted by molar-refractivity contribution is -0.117. The van der Waals surface area contributed by atoms with Crippen LogP contribution in [0.1, 0.15) is 31.3 Å². The third-order valence-electron chi connectivity index (χ3n) is 3.69. The molecule has 0 atom stereocenters. The maximum atomic E-state index is 12.3. The van der Waals surface area contributed by atoms with Gasteiger partial charge < -0.3 is 11.1 Å². The number of carbonyl (C=O) groups is 2. The molecular weight excluding hydrogens is 416 g/mol. The molecule has 0 spiro atoms. The predicted octanol–water partition coefficient (Wildman–Crippen LogP) is 0.563. The fourth-order valence-electron chi connectivity index (χ4n) is 2.16. The second-order valence-electron chi connectivity index (χ2n) is 6.20. The highest BCUT2D eigenvalue weighted by Crippen LogP contribution is 2.22. The number of aromatic nitrogens is 2.